The van der Waals surface area contributed by atoms with Gasteiger partial charge in [0.05, 0.1) is 11.1 Å². The Morgan fingerprint density at radius 3 is 2.40 bits per heavy atom. The van der Waals surface area contributed by atoms with Gasteiger partial charge in [0.15, 0.2) is 5.15 Å². The fourth-order valence-electron chi connectivity index (χ4n) is 2.65. The highest BCUT2D eigenvalue weighted by atomic mass is 35.5. The molecule has 3 aromatic rings. The van der Waals surface area contributed by atoms with Crippen LogP contribution in [0.4, 0.5) is 13.2 Å². The Hall–Kier alpha value is -2.58. The van der Waals surface area contributed by atoms with Gasteiger partial charge in [-0.25, -0.2) is 0 Å². The molecule has 4 nitrogen and oxygen atoms in total. The SMILES string of the molecule is O=C(NCCCc1ccc(C(F)(F)F)cc1)c1cc(Cl)nnc1Sc1ccccc1. The topological polar surface area (TPSA) is 54.9 Å². The Labute approximate surface area is 180 Å². The van der Waals surface area contributed by atoms with E-state index in [2.05, 4.69) is 15.5 Å². The largest absolute Gasteiger partial charge is 0.416 e. The van der Waals surface area contributed by atoms with E-state index in [1.54, 1.807) is 0 Å². The summed E-state index contributed by atoms with van der Waals surface area (Å²) in [6, 6.07) is 15.9. The van der Waals surface area contributed by atoms with E-state index in [1.165, 1.54) is 30.0 Å². The molecular formula is C21H17ClF3N3OS. The monoisotopic (exact) mass is 451 g/mol. The molecule has 1 heterocycles. The van der Waals surface area contributed by atoms with E-state index in [0.717, 1.165) is 22.6 Å². The van der Waals surface area contributed by atoms with E-state index in [0.29, 0.717) is 30.0 Å². The number of amides is 1. The van der Waals surface area contributed by atoms with E-state index in [1.807, 2.05) is 30.3 Å². The summed E-state index contributed by atoms with van der Waals surface area (Å²) in [6.07, 6.45) is -3.23. The van der Waals surface area contributed by atoms with Crippen LogP contribution in [0.5, 0.6) is 0 Å². The summed E-state index contributed by atoms with van der Waals surface area (Å²) in [6.45, 7) is 0.356. The van der Waals surface area contributed by atoms with Crippen molar-refractivity contribution < 1.29 is 18.0 Å². The van der Waals surface area contributed by atoms with Gasteiger partial charge in [-0.3, -0.25) is 4.79 Å². The van der Waals surface area contributed by atoms with Crippen LogP contribution >= 0.6 is 23.4 Å². The van der Waals surface area contributed by atoms with Crippen molar-refractivity contribution in [1.82, 2.24) is 15.5 Å². The van der Waals surface area contributed by atoms with Crippen LogP contribution in [-0.2, 0) is 12.6 Å². The van der Waals surface area contributed by atoms with Crippen molar-refractivity contribution in [3.05, 3.63) is 82.5 Å². The Kier molecular flexibility index (Phi) is 7.33. The molecule has 0 bridgehead atoms. The van der Waals surface area contributed by atoms with E-state index in [9.17, 15) is 18.0 Å². The number of aryl methyl sites for hydroxylation is 1. The van der Waals surface area contributed by atoms with Crippen molar-refractivity contribution in [2.24, 2.45) is 0 Å². The number of halogens is 4. The third-order valence-corrected chi connectivity index (χ3v) is 5.33. The smallest absolute Gasteiger partial charge is 0.352 e. The molecule has 0 saturated carbocycles. The lowest BCUT2D eigenvalue weighted by Crippen LogP contribution is -2.25. The van der Waals surface area contributed by atoms with E-state index < -0.39 is 11.7 Å². The van der Waals surface area contributed by atoms with Gasteiger partial charge in [-0.05, 0) is 48.7 Å². The van der Waals surface area contributed by atoms with Crippen molar-refractivity contribution in [2.75, 3.05) is 6.54 Å². The minimum absolute atomic E-state index is 0.113. The van der Waals surface area contributed by atoms with Gasteiger partial charge in [-0.1, -0.05) is 53.7 Å². The number of benzene rings is 2. The molecule has 2 aromatic carbocycles. The average molecular weight is 452 g/mol. The molecule has 0 spiro atoms. The lowest BCUT2D eigenvalue weighted by atomic mass is 10.1. The highest BCUT2D eigenvalue weighted by Crippen LogP contribution is 2.30. The van der Waals surface area contributed by atoms with Crippen LogP contribution in [0.2, 0.25) is 5.15 Å². The molecule has 0 unspecified atom stereocenters. The number of alkyl halides is 3. The molecule has 0 radical (unpaired) electrons. The highest BCUT2D eigenvalue weighted by molar-refractivity contribution is 7.99. The zero-order valence-electron chi connectivity index (χ0n) is 15.6. The number of nitrogens with zero attached hydrogens (tertiary/aromatic N) is 2. The summed E-state index contributed by atoms with van der Waals surface area (Å²) in [5.41, 5.74) is 0.412. The fourth-order valence-corrected chi connectivity index (χ4v) is 3.65. The maximum Gasteiger partial charge on any atom is 0.416 e. The molecule has 0 saturated heterocycles. The fraction of sp³-hybridized carbons (Fsp3) is 0.190. The van der Waals surface area contributed by atoms with Gasteiger partial charge in [0, 0.05) is 11.4 Å². The first-order valence-corrected chi connectivity index (χ1v) is 10.2. The zero-order chi connectivity index (χ0) is 21.6. The second-order valence-corrected chi connectivity index (χ2v) is 7.80. The first kappa shape index (κ1) is 22.1. The van der Waals surface area contributed by atoms with Crippen molar-refractivity contribution in [3.63, 3.8) is 0 Å². The van der Waals surface area contributed by atoms with Crippen molar-refractivity contribution in [1.29, 1.82) is 0 Å². The molecule has 0 atom stereocenters. The standard InChI is InChI=1S/C21H17ClF3N3OS/c22-18-13-17(20(28-27-18)30-16-6-2-1-3-7-16)19(29)26-12-4-5-14-8-10-15(11-9-14)21(23,24)25/h1-3,6-11,13H,4-5,12H2,(H,26,29). The predicted octanol–water partition coefficient (Wildman–Crippen LogP) is 5.66. The summed E-state index contributed by atoms with van der Waals surface area (Å²) in [5.74, 6) is -0.336. The number of aromatic nitrogens is 2. The Bertz CT molecular complexity index is 999. The van der Waals surface area contributed by atoms with Gasteiger partial charge >= 0.3 is 6.18 Å². The quantitative estimate of drug-likeness (QED) is 0.471. The lowest BCUT2D eigenvalue weighted by Gasteiger charge is -2.10. The first-order valence-electron chi connectivity index (χ1n) is 9.03. The first-order chi connectivity index (χ1) is 14.3. The molecule has 1 aromatic heterocycles. The van der Waals surface area contributed by atoms with Crippen LogP contribution in [0.25, 0.3) is 0 Å². The number of nitrogens with one attached hydrogen (secondary N) is 1. The molecule has 1 amide bonds. The Balaban J connectivity index is 1.56. The van der Waals surface area contributed by atoms with Crippen LogP contribution in [0, 0.1) is 0 Å². The molecule has 3 rings (SSSR count). The summed E-state index contributed by atoms with van der Waals surface area (Å²) in [4.78, 5) is 13.5. The van der Waals surface area contributed by atoms with E-state index in [-0.39, 0.29) is 11.1 Å². The molecule has 1 N–H and O–H groups in total. The molecule has 0 fully saturated rings. The van der Waals surface area contributed by atoms with Crippen molar-refractivity contribution >= 4 is 29.3 Å². The molecule has 0 aliphatic heterocycles. The maximum absolute atomic E-state index is 12.6. The maximum atomic E-state index is 12.6. The van der Waals surface area contributed by atoms with Gasteiger partial charge in [-0.15, -0.1) is 10.2 Å². The van der Waals surface area contributed by atoms with Crippen LogP contribution in [0.15, 0.2) is 70.6 Å². The second-order valence-electron chi connectivity index (χ2n) is 6.36. The zero-order valence-corrected chi connectivity index (χ0v) is 17.2. The molecule has 30 heavy (non-hydrogen) atoms. The number of hydrogen-bond donors (Lipinski definition) is 1. The normalized spacial score (nSPS) is 11.3. The van der Waals surface area contributed by atoms with E-state index in [4.69, 9.17) is 11.6 Å². The van der Waals surface area contributed by atoms with Gasteiger partial charge in [0.1, 0.15) is 5.03 Å². The third-order valence-electron chi connectivity index (χ3n) is 4.14. The highest BCUT2D eigenvalue weighted by Gasteiger charge is 2.29. The average Bonchev–Trinajstić information content (AvgIpc) is 2.73. The second kappa shape index (κ2) is 9.95. The van der Waals surface area contributed by atoms with Crippen LogP contribution in [0.3, 0.4) is 0 Å². The molecular weight excluding hydrogens is 435 g/mol. The molecule has 156 valence electrons. The van der Waals surface area contributed by atoms with Gasteiger partial charge in [-0.2, -0.15) is 13.2 Å². The number of hydrogen-bond acceptors (Lipinski definition) is 4. The molecule has 9 heteroatoms. The summed E-state index contributed by atoms with van der Waals surface area (Å²) >= 11 is 7.21. The van der Waals surface area contributed by atoms with Crippen LogP contribution in [-0.4, -0.2) is 22.6 Å². The summed E-state index contributed by atoms with van der Waals surface area (Å²) in [5, 5.41) is 11.2. The van der Waals surface area contributed by atoms with Gasteiger partial charge in [0.25, 0.3) is 5.91 Å². The lowest BCUT2D eigenvalue weighted by molar-refractivity contribution is -0.137. The predicted molar refractivity (Wildman–Crippen MR) is 110 cm³/mol. The Morgan fingerprint density at radius 1 is 1.03 bits per heavy atom. The Morgan fingerprint density at radius 2 is 1.73 bits per heavy atom. The van der Waals surface area contributed by atoms with Gasteiger partial charge in [0.2, 0.25) is 0 Å². The van der Waals surface area contributed by atoms with Crippen molar-refractivity contribution in [2.45, 2.75) is 28.9 Å². The van der Waals surface area contributed by atoms with Crippen LogP contribution < -0.4 is 5.32 Å². The number of rotatable bonds is 7. The van der Waals surface area contributed by atoms with Crippen molar-refractivity contribution in [3.8, 4) is 0 Å². The molecule has 0 aliphatic carbocycles. The van der Waals surface area contributed by atoms with E-state index >= 15 is 0 Å². The summed E-state index contributed by atoms with van der Waals surface area (Å²) < 4.78 is 37.8. The minimum Gasteiger partial charge on any atom is -0.352 e. The number of carbonyl (C=O) groups excluding carboxylic acids is 1. The minimum atomic E-state index is -4.35. The number of carbonyl (C=O) groups is 1. The van der Waals surface area contributed by atoms with Crippen LogP contribution in [0.1, 0.15) is 27.9 Å². The molecule has 0 aliphatic rings. The van der Waals surface area contributed by atoms with Gasteiger partial charge < -0.3 is 5.32 Å². The third kappa shape index (κ3) is 6.21. The summed E-state index contributed by atoms with van der Waals surface area (Å²) in [7, 11) is 0.